The van der Waals surface area contributed by atoms with Gasteiger partial charge in [-0.25, -0.2) is 0 Å². The fourth-order valence-corrected chi connectivity index (χ4v) is 6.90. The molecule has 1 amide bonds. The molecule has 0 saturated heterocycles. The number of halogens is 1. The van der Waals surface area contributed by atoms with Crippen molar-refractivity contribution in [3.63, 3.8) is 0 Å². The summed E-state index contributed by atoms with van der Waals surface area (Å²) in [5, 5.41) is 13.6. The summed E-state index contributed by atoms with van der Waals surface area (Å²) in [5.74, 6) is -0.364. The van der Waals surface area contributed by atoms with E-state index in [0.717, 1.165) is 0 Å². The predicted molar refractivity (Wildman–Crippen MR) is 172 cm³/mol. The maximum Gasteiger partial charge on any atom is 0.238 e. The molecular weight excluding hydrogens is 540 g/mol. The number of ketones is 1. The Kier molecular flexibility index (Phi) is 5.74. The lowest BCUT2D eigenvalue weighted by Gasteiger charge is -2.21. The Labute approximate surface area is 247 Å². The first-order valence-corrected chi connectivity index (χ1v) is 14.4. The van der Waals surface area contributed by atoms with E-state index in [0.29, 0.717) is 34.9 Å². The van der Waals surface area contributed by atoms with Gasteiger partial charge in [-0.2, -0.15) is 0 Å². The number of benzene rings is 7. The Balaban J connectivity index is 1.17. The van der Waals surface area contributed by atoms with Crippen molar-refractivity contribution in [1.29, 1.82) is 0 Å². The maximum atomic E-state index is 13.5. The highest BCUT2D eigenvalue weighted by molar-refractivity contribution is 6.34. The van der Waals surface area contributed by atoms with Crippen LogP contribution in [0.5, 0.6) is 0 Å². The molecule has 0 unspecified atom stereocenters. The van der Waals surface area contributed by atoms with Gasteiger partial charge in [-0.15, -0.1) is 0 Å². The molecule has 1 N–H and O–H groups in total. The average Bonchev–Trinajstić information content (AvgIpc) is 3.18. The van der Waals surface area contributed by atoms with Gasteiger partial charge in [0.05, 0.1) is 12.2 Å². The molecular formula is C37H25ClN2O2. The molecule has 0 aromatic heterocycles. The molecule has 5 heteroatoms. The van der Waals surface area contributed by atoms with Crippen LogP contribution >= 0.6 is 11.6 Å². The molecule has 0 aliphatic carbocycles. The van der Waals surface area contributed by atoms with E-state index in [1.165, 1.54) is 54.2 Å². The predicted octanol–water partition coefficient (Wildman–Crippen LogP) is 8.58. The second kappa shape index (κ2) is 9.66. The first-order chi connectivity index (χ1) is 20.5. The minimum atomic E-state index is -0.185. The number of carbonyl (C=O) groups excluding carboxylic acids is 2. The van der Waals surface area contributed by atoms with Gasteiger partial charge in [-0.3, -0.25) is 14.5 Å². The highest BCUT2D eigenvalue weighted by Gasteiger charge is 2.24. The number of hydrogen-bond acceptors (Lipinski definition) is 3. The highest BCUT2D eigenvalue weighted by Crippen LogP contribution is 2.44. The Morgan fingerprint density at radius 3 is 1.90 bits per heavy atom. The third-order valence-corrected chi connectivity index (χ3v) is 8.73. The van der Waals surface area contributed by atoms with Crippen molar-refractivity contribution in [2.75, 3.05) is 11.9 Å². The molecule has 0 fully saturated rings. The molecule has 0 bridgehead atoms. The van der Waals surface area contributed by atoms with Crippen molar-refractivity contribution in [3.05, 3.63) is 136 Å². The van der Waals surface area contributed by atoms with Crippen molar-refractivity contribution >= 4 is 72.1 Å². The fraction of sp³-hybridized carbons (Fsp3) is 0.0811. The molecule has 1 aliphatic heterocycles. The first-order valence-electron chi connectivity index (χ1n) is 14.1. The highest BCUT2D eigenvalue weighted by atomic mass is 35.5. The molecule has 0 saturated carbocycles. The standard InChI is InChI=1S/C37H25ClN2O2/c38-27-16-17-31(30(18-27)37(42)24-6-2-1-3-7-24)39-32(41)21-40-19-25-14-12-22-8-4-10-28-29-11-5-9-23-13-15-26(20-40)36(34(23)29)35(25)33(22)28/h1-18H,19-21H2,(H,39,41). The smallest absolute Gasteiger partial charge is 0.238 e. The Morgan fingerprint density at radius 2 is 1.29 bits per heavy atom. The van der Waals surface area contributed by atoms with Gasteiger partial charge in [0.1, 0.15) is 0 Å². The van der Waals surface area contributed by atoms with Crippen LogP contribution in [0.3, 0.4) is 0 Å². The van der Waals surface area contributed by atoms with E-state index in [1.807, 2.05) is 18.2 Å². The van der Waals surface area contributed by atoms with Gasteiger partial charge in [0, 0.05) is 29.2 Å². The SMILES string of the molecule is O=C(CN1Cc2ccc3cccc4c5cccc6ccc(c(c2c34)c65)C1)Nc1ccc(Cl)cc1C(=O)c1ccccc1. The quantitative estimate of drug-likeness (QED) is 0.129. The van der Waals surface area contributed by atoms with Crippen LogP contribution in [0.15, 0.2) is 109 Å². The van der Waals surface area contributed by atoms with Gasteiger partial charge >= 0.3 is 0 Å². The molecule has 8 rings (SSSR count). The zero-order valence-corrected chi connectivity index (χ0v) is 23.4. The number of rotatable bonds is 5. The number of amides is 1. The monoisotopic (exact) mass is 564 g/mol. The van der Waals surface area contributed by atoms with E-state index in [1.54, 1.807) is 30.3 Å². The number of nitrogens with one attached hydrogen (secondary N) is 1. The van der Waals surface area contributed by atoms with Gasteiger partial charge in [0.15, 0.2) is 5.78 Å². The lowest BCUT2D eigenvalue weighted by molar-refractivity contribution is -0.117. The molecule has 4 nitrogen and oxygen atoms in total. The second-order valence-corrected chi connectivity index (χ2v) is 11.5. The number of fused-ring (bicyclic) bond motifs is 1. The summed E-state index contributed by atoms with van der Waals surface area (Å²) in [7, 11) is 0. The first kappa shape index (κ1) is 25.0. The minimum Gasteiger partial charge on any atom is -0.324 e. The normalized spacial score (nSPS) is 13.4. The van der Waals surface area contributed by atoms with Gasteiger partial charge in [0.25, 0.3) is 0 Å². The lowest BCUT2D eigenvalue weighted by atomic mass is 9.86. The van der Waals surface area contributed by atoms with E-state index >= 15 is 0 Å². The maximum absolute atomic E-state index is 13.5. The van der Waals surface area contributed by atoms with E-state index in [4.69, 9.17) is 11.6 Å². The Morgan fingerprint density at radius 1 is 0.667 bits per heavy atom. The molecule has 42 heavy (non-hydrogen) atoms. The number of carbonyl (C=O) groups is 2. The van der Waals surface area contributed by atoms with Crippen LogP contribution < -0.4 is 5.32 Å². The minimum absolute atomic E-state index is 0.178. The largest absolute Gasteiger partial charge is 0.324 e. The van der Waals surface area contributed by atoms with Crippen molar-refractivity contribution in [1.82, 2.24) is 4.90 Å². The molecule has 0 atom stereocenters. The van der Waals surface area contributed by atoms with Crippen molar-refractivity contribution < 1.29 is 9.59 Å². The molecule has 7 aromatic rings. The van der Waals surface area contributed by atoms with Crippen LogP contribution in [-0.4, -0.2) is 23.1 Å². The molecule has 1 aliphatic rings. The van der Waals surface area contributed by atoms with Crippen LogP contribution in [-0.2, 0) is 17.9 Å². The zero-order chi connectivity index (χ0) is 28.4. The number of anilines is 1. The van der Waals surface area contributed by atoms with Crippen molar-refractivity contribution in [3.8, 4) is 0 Å². The number of hydrogen-bond donors (Lipinski definition) is 1. The van der Waals surface area contributed by atoms with Crippen LogP contribution in [0, 0.1) is 0 Å². The lowest BCUT2D eigenvalue weighted by Crippen LogP contribution is -2.32. The third kappa shape index (κ3) is 3.95. The van der Waals surface area contributed by atoms with E-state index in [9.17, 15) is 9.59 Å². The summed E-state index contributed by atoms with van der Waals surface area (Å²) in [5.41, 5.74) is 3.81. The Hall–Kier alpha value is -4.77. The summed E-state index contributed by atoms with van der Waals surface area (Å²) in [6.07, 6.45) is 0. The molecule has 0 radical (unpaired) electrons. The van der Waals surface area contributed by atoms with E-state index in [-0.39, 0.29) is 18.2 Å². The topological polar surface area (TPSA) is 49.4 Å². The second-order valence-electron chi connectivity index (χ2n) is 11.1. The average molecular weight is 565 g/mol. The van der Waals surface area contributed by atoms with E-state index < -0.39 is 0 Å². The summed E-state index contributed by atoms with van der Waals surface area (Å²) >= 11 is 6.27. The fourth-order valence-electron chi connectivity index (χ4n) is 6.73. The summed E-state index contributed by atoms with van der Waals surface area (Å²) in [6.45, 7) is 1.46. The zero-order valence-electron chi connectivity index (χ0n) is 22.7. The van der Waals surface area contributed by atoms with Gasteiger partial charge in [0.2, 0.25) is 5.91 Å². The molecule has 1 heterocycles. The van der Waals surface area contributed by atoms with Crippen molar-refractivity contribution in [2.45, 2.75) is 13.1 Å². The van der Waals surface area contributed by atoms with E-state index in [2.05, 4.69) is 70.9 Å². The molecule has 0 spiro atoms. The molecule has 202 valence electrons. The van der Waals surface area contributed by atoms with Crippen LogP contribution in [0.25, 0.3) is 43.1 Å². The van der Waals surface area contributed by atoms with Gasteiger partial charge < -0.3 is 5.32 Å². The van der Waals surface area contributed by atoms with Crippen LogP contribution in [0.2, 0.25) is 5.02 Å². The summed E-state index contributed by atoms with van der Waals surface area (Å²) in [6, 6.07) is 36.0. The van der Waals surface area contributed by atoms with Gasteiger partial charge in [-0.1, -0.05) is 103 Å². The van der Waals surface area contributed by atoms with Crippen LogP contribution in [0.4, 0.5) is 5.69 Å². The van der Waals surface area contributed by atoms with Crippen molar-refractivity contribution in [2.24, 2.45) is 0 Å². The Bertz CT molecular complexity index is 2110. The number of nitrogens with zero attached hydrogens (tertiary/aromatic N) is 1. The summed E-state index contributed by atoms with van der Waals surface area (Å²) in [4.78, 5) is 29.0. The van der Waals surface area contributed by atoms with Gasteiger partial charge in [-0.05, 0) is 72.4 Å². The molecule has 7 aromatic carbocycles. The third-order valence-electron chi connectivity index (χ3n) is 8.50. The summed E-state index contributed by atoms with van der Waals surface area (Å²) < 4.78 is 0. The van der Waals surface area contributed by atoms with Crippen LogP contribution in [0.1, 0.15) is 27.0 Å².